The van der Waals surface area contributed by atoms with E-state index in [0.717, 1.165) is 9.87 Å². The van der Waals surface area contributed by atoms with Gasteiger partial charge in [-0.1, -0.05) is 102 Å². The molecule has 7 nitrogen and oxygen atoms in total. The average Bonchev–Trinajstić information content (AvgIpc) is 2.99. The van der Waals surface area contributed by atoms with E-state index >= 15 is 0 Å². The standard InChI is InChI=1S/C34H34Cl3N3O4S/c1-34(2,3)38-33(42)31(20-24-12-6-4-7-13-24)39(22-25-14-10-11-17-28(25)36)32(41)23-40(30-21-26(35)18-19-29(30)37)45(43,44)27-15-8-5-9-16-27/h4-19,21,31H,20,22-23H2,1-3H3,(H,38,42)/t31-/m0/s1. The summed E-state index contributed by atoms with van der Waals surface area (Å²) in [4.78, 5) is 29.8. The molecule has 236 valence electrons. The molecule has 4 rings (SSSR count). The van der Waals surface area contributed by atoms with E-state index < -0.39 is 40.0 Å². The first-order valence-corrected chi connectivity index (χ1v) is 16.8. The third-order valence-electron chi connectivity index (χ3n) is 6.85. The molecule has 0 aliphatic heterocycles. The van der Waals surface area contributed by atoms with Crippen molar-refractivity contribution in [3.05, 3.63) is 129 Å². The van der Waals surface area contributed by atoms with Crippen LogP contribution in [0.25, 0.3) is 0 Å². The Morgan fingerprint density at radius 2 is 1.40 bits per heavy atom. The molecule has 0 aromatic heterocycles. The van der Waals surface area contributed by atoms with Gasteiger partial charge in [-0.05, 0) is 68.3 Å². The highest BCUT2D eigenvalue weighted by Crippen LogP contribution is 2.33. The van der Waals surface area contributed by atoms with Crippen LogP contribution in [0.4, 0.5) is 5.69 Å². The van der Waals surface area contributed by atoms with Crippen LogP contribution in [0.1, 0.15) is 31.9 Å². The van der Waals surface area contributed by atoms with Gasteiger partial charge in [0.15, 0.2) is 0 Å². The molecule has 0 unspecified atom stereocenters. The van der Waals surface area contributed by atoms with Crippen LogP contribution in [0.3, 0.4) is 0 Å². The minimum absolute atomic E-state index is 0.0258. The van der Waals surface area contributed by atoms with Crippen molar-refractivity contribution in [1.29, 1.82) is 0 Å². The van der Waals surface area contributed by atoms with Crippen LogP contribution in [0.5, 0.6) is 0 Å². The molecule has 11 heteroatoms. The lowest BCUT2D eigenvalue weighted by Crippen LogP contribution is -2.56. The highest BCUT2D eigenvalue weighted by atomic mass is 35.5. The Morgan fingerprint density at radius 1 is 0.800 bits per heavy atom. The topological polar surface area (TPSA) is 86.8 Å². The summed E-state index contributed by atoms with van der Waals surface area (Å²) in [7, 11) is -4.32. The second-order valence-corrected chi connectivity index (χ2v) is 14.6. The van der Waals surface area contributed by atoms with Crippen LogP contribution in [0, 0.1) is 0 Å². The first-order valence-electron chi connectivity index (χ1n) is 14.2. The lowest BCUT2D eigenvalue weighted by atomic mass is 10.0. The predicted molar refractivity (Wildman–Crippen MR) is 181 cm³/mol. The minimum atomic E-state index is -4.32. The molecule has 0 aliphatic carbocycles. The lowest BCUT2D eigenvalue weighted by molar-refractivity contribution is -0.140. The zero-order valence-corrected chi connectivity index (χ0v) is 28.2. The van der Waals surface area contributed by atoms with E-state index in [1.807, 2.05) is 51.1 Å². The number of sulfonamides is 1. The summed E-state index contributed by atoms with van der Waals surface area (Å²) in [5, 5.41) is 3.71. The van der Waals surface area contributed by atoms with Crippen molar-refractivity contribution < 1.29 is 18.0 Å². The number of benzene rings is 4. The summed E-state index contributed by atoms with van der Waals surface area (Å²) in [5.74, 6) is -1.04. The summed E-state index contributed by atoms with van der Waals surface area (Å²) in [5.41, 5.74) is 0.822. The monoisotopic (exact) mass is 685 g/mol. The first-order chi connectivity index (χ1) is 21.3. The molecular formula is C34H34Cl3N3O4S. The molecule has 0 radical (unpaired) electrons. The molecule has 0 aliphatic rings. The Bertz CT molecular complexity index is 1750. The van der Waals surface area contributed by atoms with E-state index in [1.165, 1.54) is 35.2 Å². The fourth-order valence-corrected chi connectivity index (χ4v) is 6.80. The Balaban J connectivity index is 1.85. The van der Waals surface area contributed by atoms with E-state index in [4.69, 9.17) is 34.8 Å². The van der Waals surface area contributed by atoms with Crippen molar-refractivity contribution in [2.45, 2.75) is 50.2 Å². The van der Waals surface area contributed by atoms with Gasteiger partial charge >= 0.3 is 0 Å². The molecule has 0 fully saturated rings. The van der Waals surface area contributed by atoms with Gasteiger partial charge < -0.3 is 10.2 Å². The number of nitrogens with one attached hydrogen (secondary N) is 1. The van der Waals surface area contributed by atoms with Gasteiger partial charge in [0.25, 0.3) is 10.0 Å². The lowest BCUT2D eigenvalue weighted by Gasteiger charge is -2.35. The first kappa shape index (κ1) is 34.3. The number of carbonyl (C=O) groups excluding carboxylic acids is 2. The molecular weight excluding hydrogens is 653 g/mol. The number of amides is 2. The highest BCUT2D eigenvalue weighted by molar-refractivity contribution is 7.92. The molecule has 1 N–H and O–H groups in total. The van der Waals surface area contributed by atoms with Crippen molar-refractivity contribution in [1.82, 2.24) is 10.2 Å². The molecule has 0 heterocycles. The number of hydrogen-bond donors (Lipinski definition) is 1. The van der Waals surface area contributed by atoms with E-state index in [0.29, 0.717) is 10.6 Å². The Hall–Kier alpha value is -3.56. The van der Waals surface area contributed by atoms with Gasteiger partial charge in [0, 0.05) is 28.5 Å². The van der Waals surface area contributed by atoms with Crippen LogP contribution >= 0.6 is 34.8 Å². The van der Waals surface area contributed by atoms with Gasteiger partial charge in [-0.3, -0.25) is 13.9 Å². The molecule has 1 atom stereocenters. The van der Waals surface area contributed by atoms with Crippen LogP contribution in [-0.2, 0) is 32.6 Å². The molecule has 2 amide bonds. The summed E-state index contributed by atoms with van der Waals surface area (Å²) in [6.07, 6.45) is 0.169. The molecule has 4 aromatic rings. The minimum Gasteiger partial charge on any atom is -0.350 e. The smallest absolute Gasteiger partial charge is 0.264 e. The Kier molecular flexibility index (Phi) is 11.2. The van der Waals surface area contributed by atoms with Gasteiger partial charge in [-0.15, -0.1) is 0 Å². The number of hydrogen-bond acceptors (Lipinski definition) is 4. The molecule has 0 saturated carbocycles. The molecule has 0 spiro atoms. The Morgan fingerprint density at radius 3 is 2.02 bits per heavy atom. The van der Waals surface area contributed by atoms with Gasteiger partial charge in [0.2, 0.25) is 11.8 Å². The third-order valence-corrected chi connectivity index (χ3v) is 9.55. The average molecular weight is 687 g/mol. The summed E-state index contributed by atoms with van der Waals surface area (Å²) >= 11 is 19.3. The number of rotatable bonds is 11. The summed E-state index contributed by atoms with van der Waals surface area (Å²) in [6, 6.07) is 27.4. The summed E-state index contributed by atoms with van der Waals surface area (Å²) in [6.45, 7) is 4.81. The van der Waals surface area contributed by atoms with Gasteiger partial charge in [-0.2, -0.15) is 0 Å². The second kappa shape index (κ2) is 14.7. The van der Waals surface area contributed by atoms with Crippen LogP contribution in [0.15, 0.2) is 108 Å². The predicted octanol–water partition coefficient (Wildman–Crippen LogP) is 7.40. The van der Waals surface area contributed by atoms with Crippen molar-refractivity contribution in [3.8, 4) is 0 Å². The maximum absolute atomic E-state index is 14.5. The summed E-state index contributed by atoms with van der Waals surface area (Å²) < 4.78 is 29.1. The number of anilines is 1. The van der Waals surface area contributed by atoms with E-state index in [-0.39, 0.29) is 33.6 Å². The van der Waals surface area contributed by atoms with Crippen LogP contribution < -0.4 is 9.62 Å². The number of halogens is 3. The van der Waals surface area contributed by atoms with Crippen molar-refractivity contribution >= 4 is 62.3 Å². The fraction of sp³-hybridized carbons (Fsp3) is 0.235. The van der Waals surface area contributed by atoms with Gasteiger partial charge in [0.1, 0.15) is 12.6 Å². The number of carbonyl (C=O) groups is 2. The normalized spacial score (nSPS) is 12.3. The second-order valence-electron chi connectivity index (χ2n) is 11.5. The fourth-order valence-electron chi connectivity index (χ4n) is 4.73. The largest absolute Gasteiger partial charge is 0.350 e. The zero-order chi connectivity index (χ0) is 32.8. The van der Waals surface area contributed by atoms with E-state index in [2.05, 4.69) is 5.32 Å². The molecule has 0 saturated heterocycles. The maximum Gasteiger partial charge on any atom is 0.264 e. The van der Waals surface area contributed by atoms with Crippen LogP contribution in [0.2, 0.25) is 15.1 Å². The van der Waals surface area contributed by atoms with Gasteiger partial charge in [-0.25, -0.2) is 8.42 Å². The van der Waals surface area contributed by atoms with E-state index in [1.54, 1.807) is 42.5 Å². The maximum atomic E-state index is 14.5. The van der Waals surface area contributed by atoms with Crippen molar-refractivity contribution in [2.24, 2.45) is 0 Å². The molecule has 4 aromatic carbocycles. The van der Waals surface area contributed by atoms with Crippen LogP contribution in [-0.4, -0.2) is 43.3 Å². The SMILES string of the molecule is CC(C)(C)NC(=O)[C@H](Cc1ccccc1)N(Cc1ccccc1Cl)C(=O)CN(c1cc(Cl)ccc1Cl)S(=O)(=O)c1ccccc1. The molecule has 45 heavy (non-hydrogen) atoms. The Labute approximate surface area is 279 Å². The van der Waals surface area contributed by atoms with E-state index in [9.17, 15) is 18.0 Å². The van der Waals surface area contributed by atoms with Crippen molar-refractivity contribution in [3.63, 3.8) is 0 Å². The highest BCUT2D eigenvalue weighted by Gasteiger charge is 2.36. The quantitative estimate of drug-likeness (QED) is 0.178. The van der Waals surface area contributed by atoms with Crippen molar-refractivity contribution in [2.75, 3.05) is 10.8 Å². The zero-order valence-electron chi connectivity index (χ0n) is 25.1. The molecule has 0 bridgehead atoms. The number of nitrogens with zero attached hydrogens (tertiary/aromatic N) is 2. The van der Waals surface area contributed by atoms with Gasteiger partial charge in [0.05, 0.1) is 15.6 Å². The third kappa shape index (κ3) is 9.01.